The van der Waals surface area contributed by atoms with E-state index < -0.39 is 15.3 Å². The molecule has 0 aliphatic carbocycles. The Bertz CT molecular complexity index is 669. The van der Waals surface area contributed by atoms with Crippen LogP contribution in [0.1, 0.15) is 52.1 Å². The Morgan fingerprint density at radius 1 is 1.19 bits per heavy atom. The van der Waals surface area contributed by atoms with E-state index in [1.165, 1.54) is 0 Å². The molecule has 1 N–H and O–H groups in total. The van der Waals surface area contributed by atoms with Gasteiger partial charge in [-0.25, -0.2) is 13.1 Å². The summed E-state index contributed by atoms with van der Waals surface area (Å²) in [5, 5.41) is -0.494. The zero-order chi connectivity index (χ0) is 19.2. The molecule has 1 fully saturated rings. The molecule has 1 aromatic rings. The van der Waals surface area contributed by atoms with E-state index in [1.807, 2.05) is 45.9 Å². The number of rotatable bonds is 9. The summed E-state index contributed by atoms with van der Waals surface area (Å²) < 4.78 is 45.1. The Morgan fingerprint density at radius 2 is 1.88 bits per heavy atom. The van der Waals surface area contributed by atoms with E-state index in [9.17, 15) is 8.42 Å². The van der Waals surface area contributed by atoms with Crippen molar-refractivity contribution in [2.24, 2.45) is 5.92 Å². The molecule has 26 heavy (non-hydrogen) atoms. The molecule has 0 aromatic heterocycles. The van der Waals surface area contributed by atoms with Gasteiger partial charge in [0.2, 0.25) is 10.0 Å². The average Bonchev–Trinajstić information content (AvgIpc) is 2.62. The number of nitrogens with one attached hydrogen (secondary N) is 1. The van der Waals surface area contributed by atoms with E-state index in [-0.39, 0.29) is 18.6 Å². The molecule has 1 heterocycles. The van der Waals surface area contributed by atoms with E-state index >= 15 is 0 Å². The molecule has 0 radical (unpaired) electrons. The summed E-state index contributed by atoms with van der Waals surface area (Å²) in [6.45, 7) is 9.78. The topological polar surface area (TPSA) is 73.9 Å². The van der Waals surface area contributed by atoms with Gasteiger partial charge in [0.25, 0.3) is 0 Å². The minimum atomic E-state index is -3.47. The quantitative estimate of drug-likeness (QED) is 0.706. The van der Waals surface area contributed by atoms with Crippen LogP contribution < -0.4 is 14.2 Å². The molecule has 2 atom stereocenters. The number of hydrogen-bond donors (Lipinski definition) is 1. The van der Waals surface area contributed by atoms with Crippen molar-refractivity contribution in [3.63, 3.8) is 0 Å². The van der Waals surface area contributed by atoms with Gasteiger partial charge in [-0.1, -0.05) is 19.9 Å². The normalized spacial score (nSPS) is 19.3. The predicted octanol–water partition coefficient (Wildman–Crippen LogP) is 3.28. The van der Waals surface area contributed by atoms with Gasteiger partial charge in [0.15, 0.2) is 11.5 Å². The Hall–Kier alpha value is -1.31. The van der Waals surface area contributed by atoms with Crippen LogP contribution in [0.3, 0.4) is 0 Å². The Kier molecular flexibility index (Phi) is 7.73. The van der Waals surface area contributed by atoms with Crippen molar-refractivity contribution >= 4 is 10.0 Å². The van der Waals surface area contributed by atoms with Crippen LogP contribution in [0.2, 0.25) is 0 Å². The van der Waals surface area contributed by atoms with Crippen LogP contribution in [0.4, 0.5) is 0 Å². The van der Waals surface area contributed by atoms with Gasteiger partial charge in [-0.15, -0.1) is 0 Å². The molecule has 0 unspecified atom stereocenters. The first kappa shape index (κ1) is 21.0. The third-order valence-corrected chi connectivity index (χ3v) is 6.27. The number of sulfonamides is 1. The summed E-state index contributed by atoms with van der Waals surface area (Å²) in [6.07, 6.45) is 1.41. The third kappa shape index (κ3) is 5.34. The largest absolute Gasteiger partial charge is 0.490 e. The van der Waals surface area contributed by atoms with Gasteiger partial charge in [-0.2, -0.15) is 0 Å². The molecule has 6 nitrogen and oxygen atoms in total. The molecule has 1 aromatic carbocycles. The van der Waals surface area contributed by atoms with Crippen molar-refractivity contribution in [1.82, 2.24) is 4.72 Å². The first-order valence-corrected chi connectivity index (χ1v) is 10.9. The second-order valence-electron chi connectivity index (χ2n) is 6.80. The lowest BCUT2D eigenvalue weighted by atomic mass is 9.97. The van der Waals surface area contributed by atoms with Gasteiger partial charge in [-0.3, -0.25) is 0 Å². The maximum atomic E-state index is 12.8. The zero-order valence-electron chi connectivity index (χ0n) is 16.2. The van der Waals surface area contributed by atoms with Crippen molar-refractivity contribution in [3.8, 4) is 11.5 Å². The van der Waals surface area contributed by atoms with Crippen LogP contribution in [0.15, 0.2) is 18.2 Å². The standard InChI is InChI=1S/C19H31NO5S/c1-5-24-17-10-9-15(12-18(17)25-6-2)19(14(3)4)20-26(21,22)16-8-7-11-23-13-16/h9-10,12,14,16,19-20H,5-8,11,13H2,1-4H3/t16-,19-/m0/s1. The highest BCUT2D eigenvalue weighted by molar-refractivity contribution is 7.90. The SMILES string of the molecule is CCOc1ccc([C@@H](NS(=O)(=O)[C@H]2CCCOC2)C(C)C)cc1OCC. The molecule has 2 rings (SSSR count). The molecule has 148 valence electrons. The van der Waals surface area contributed by atoms with E-state index in [0.29, 0.717) is 37.7 Å². The van der Waals surface area contributed by atoms with Gasteiger partial charge in [0.1, 0.15) is 0 Å². The molecule has 1 aliphatic heterocycles. The Balaban J connectivity index is 2.27. The first-order valence-electron chi connectivity index (χ1n) is 9.37. The fourth-order valence-electron chi connectivity index (χ4n) is 3.08. The summed E-state index contributed by atoms with van der Waals surface area (Å²) in [6, 6.07) is 5.28. The van der Waals surface area contributed by atoms with E-state index in [4.69, 9.17) is 14.2 Å². The molecule has 0 amide bonds. The van der Waals surface area contributed by atoms with E-state index in [0.717, 1.165) is 12.0 Å². The summed E-state index contributed by atoms with van der Waals surface area (Å²) in [5.41, 5.74) is 0.868. The van der Waals surface area contributed by atoms with Gasteiger partial charge >= 0.3 is 0 Å². The molecule has 7 heteroatoms. The van der Waals surface area contributed by atoms with Gasteiger partial charge in [0, 0.05) is 12.6 Å². The Morgan fingerprint density at radius 3 is 2.46 bits per heavy atom. The maximum Gasteiger partial charge on any atom is 0.217 e. The first-order chi connectivity index (χ1) is 12.4. The molecule has 0 saturated carbocycles. The highest BCUT2D eigenvalue weighted by Gasteiger charge is 2.32. The molecule has 1 aliphatic rings. The van der Waals surface area contributed by atoms with Crippen molar-refractivity contribution in [3.05, 3.63) is 23.8 Å². The lowest BCUT2D eigenvalue weighted by Gasteiger charge is -2.28. The van der Waals surface area contributed by atoms with Crippen molar-refractivity contribution in [2.75, 3.05) is 26.4 Å². The summed E-state index contributed by atoms with van der Waals surface area (Å²) in [5.74, 6) is 1.39. The second kappa shape index (κ2) is 9.58. The minimum Gasteiger partial charge on any atom is -0.490 e. The van der Waals surface area contributed by atoms with Crippen LogP contribution in [0.25, 0.3) is 0 Å². The van der Waals surface area contributed by atoms with E-state index in [2.05, 4.69) is 4.72 Å². The van der Waals surface area contributed by atoms with Crippen LogP contribution in [0.5, 0.6) is 11.5 Å². The van der Waals surface area contributed by atoms with Crippen molar-refractivity contribution in [2.45, 2.75) is 51.8 Å². The fourth-order valence-corrected chi connectivity index (χ4v) is 4.79. The highest BCUT2D eigenvalue weighted by atomic mass is 32.2. The van der Waals surface area contributed by atoms with Crippen LogP contribution in [0, 0.1) is 5.92 Å². The molecule has 0 bridgehead atoms. The van der Waals surface area contributed by atoms with E-state index in [1.54, 1.807) is 0 Å². The summed E-state index contributed by atoms with van der Waals surface area (Å²) >= 11 is 0. The lowest BCUT2D eigenvalue weighted by Crippen LogP contribution is -2.42. The third-order valence-electron chi connectivity index (χ3n) is 4.44. The van der Waals surface area contributed by atoms with Crippen LogP contribution >= 0.6 is 0 Å². The Labute approximate surface area is 157 Å². The van der Waals surface area contributed by atoms with Crippen LogP contribution in [-0.2, 0) is 14.8 Å². The van der Waals surface area contributed by atoms with Gasteiger partial charge in [-0.05, 0) is 50.3 Å². The average molecular weight is 386 g/mol. The number of hydrogen-bond acceptors (Lipinski definition) is 5. The smallest absolute Gasteiger partial charge is 0.217 e. The minimum absolute atomic E-state index is 0.0849. The lowest BCUT2D eigenvalue weighted by molar-refractivity contribution is 0.0986. The molecular weight excluding hydrogens is 354 g/mol. The predicted molar refractivity (Wildman–Crippen MR) is 102 cm³/mol. The number of ether oxygens (including phenoxy) is 3. The van der Waals surface area contributed by atoms with Gasteiger partial charge < -0.3 is 14.2 Å². The fraction of sp³-hybridized carbons (Fsp3) is 0.684. The second-order valence-corrected chi connectivity index (χ2v) is 8.79. The molecular formula is C19H31NO5S. The van der Waals surface area contributed by atoms with Crippen molar-refractivity contribution in [1.29, 1.82) is 0 Å². The summed E-state index contributed by atoms with van der Waals surface area (Å²) in [4.78, 5) is 0. The molecule has 0 spiro atoms. The van der Waals surface area contributed by atoms with Gasteiger partial charge in [0.05, 0.1) is 25.1 Å². The summed E-state index contributed by atoms with van der Waals surface area (Å²) in [7, 11) is -3.47. The van der Waals surface area contributed by atoms with Crippen LogP contribution in [-0.4, -0.2) is 40.1 Å². The monoisotopic (exact) mass is 385 g/mol. The highest BCUT2D eigenvalue weighted by Crippen LogP contribution is 2.33. The number of benzene rings is 1. The van der Waals surface area contributed by atoms with Crippen molar-refractivity contribution < 1.29 is 22.6 Å². The maximum absolute atomic E-state index is 12.8. The zero-order valence-corrected chi connectivity index (χ0v) is 17.0. The molecule has 1 saturated heterocycles.